The average Bonchev–Trinajstić information content (AvgIpc) is 3.59. The second-order valence-electron chi connectivity index (χ2n) is 23.9. The van der Waals surface area contributed by atoms with Crippen molar-refractivity contribution in [1.82, 2.24) is 0 Å². The lowest BCUT2D eigenvalue weighted by Gasteiger charge is -2.44. The molecule has 3 heterocycles. The van der Waals surface area contributed by atoms with E-state index in [1.54, 1.807) is 0 Å². The summed E-state index contributed by atoms with van der Waals surface area (Å²) in [6.07, 6.45) is 2.39. The molecule has 0 radical (unpaired) electrons. The molecular formula is C60H67BN2S. The van der Waals surface area contributed by atoms with Gasteiger partial charge in [0.15, 0.2) is 0 Å². The molecule has 4 heteroatoms. The third kappa shape index (κ3) is 6.71. The first-order chi connectivity index (χ1) is 29.9. The molecule has 2 nitrogen and oxygen atoms in total. The van der Waals surface area contributed by atoms with Crippen LogP contribution in [0.5, 0.6) is 0 Å². The number of aryl methyl sites for hydroxylation is 2. The van der Waals surface area contributed by atoms with Crippen LogP contribution in [0.25, 0.3) is 21.2 Å². The Bertz CT molecular complexity index is 2990. The average molecular weight is 859 g/mol. The van der Waals surface area contributed by atoms with Crippen molar-refractivity contribution in [2.45, 2.75) is 144 Å². The van der Waals surface area contributed by atoms with Gasteiger partial charge in [0.1, 0.15) is 0 Å². The molecule has 10 rings (SSSR count). The molecule has 0 N–H and O–H groups in total. The predicted molar refractivity (Wildman–Crippen MR) is 282 cm³/mol. The fraction of sp³-hybridized carbons (Fsp3) is 0.367. The number of thiophene rings is 1. The number of hydrogen-bond acceptors (Lipinski definition) is 3. The highest BCUT2D eigenvalue weighted by molar-refractivity contribution is 7.26. The summed E-state index contributed by atoms with van der Waals surface area (Å²) in [5.41, 5.74) is 23.0. The first-order valence-corrected chi connectivity index (χ1v) is 24.6. The molecule has 0 unspecified atom stereocenters. The maximum Gasteiger partial charge on any atom is 0.254 e. The summed E-state index contributed by atoms with van der Waals surface area (Å²) in [6.45, 7) is 35.5. The molecule has 7 aromatic rings. The van der Waals surface area contributed by atoms with Gasteiger partial charge in [-0.3, -0.25) is 0 Å². The van der Waals surface area contributed by atoms with Gasteiger partial charge in [-0.1, -0.05) is 145 Å². The Labute approximate surface area is 388 Å². The zero-order chi connectivity index (χ0) is 45.6. The molecule has 64 heavy (non-hydrogen) atoms. The highest BCUT2D eigenvalue weighted by atomic mass is 32.1. The standard InChI is InChI=1S/C60H67BN2S/c1-36-17-16-18-37(2)52(36)38-31-49-54-50(32-38)63(43-26-21-40(22-27-43)57(6,7)8)55-53(44-34-45-46(35-51(44)64-55)60(14,15)30-29-59(45,12)13)61(54)47-33-41(58(9,10)11)23-28-48(47)62(49)42-24-19-39(20-25-42)56(3,4)5/h16-28,31-35H,29-30H2,1-15H3. The SMILES string of the molecule is Cc1cccc(C)c1-c1cc2c3c(c1)N(c1ccc(C(C)(C)C)cc1)c1sc4cc5c(cc4c1B3c1cc(C(C)(C)C)ccc1N2c1ccc(C(C)(C)C)cc1)C(C)(C)CCC5(C)C. The van der Waals surface area contributed by atoms with Crippen molar-refractivity contribution in [1.29, 1.82) is 0 Å². The minimum Gasteiger partial charge on any atom is -0.311 e. The maximum absolute atomic E-state index is 2.66. The van der Waals surface area contributed by atoms with Gasteiger partial charge in [-0.05, 0) is 180 Å². The number of benzene rings is 6. The molecule has 0 atom stereocenters. The largest absolute Gasteiger partial charge is 0.311 e. The molecule has 0 saturated heterocycles. The predicted octanol–water partition coefficient (Wildman–Crippen LogP) is 15.5. The van der Waals surface area contributed by atoms with Crippen LogP contribution >= 0.6 is 11.3 Å². The summed E-state index contributed by atoms with van der Waals surface area (Å²) < 4.78 is 1.39. The van der Waals surface area contributed by atoms with E-state index >= 15 is 0 Å². The number of rotatable bonds is 3. The van der Waals surface area contributed by atoms with Crippen molar-refractivity contribution < 1.29 is 0 Å². The quantitative estimate of drug-likeness (QED) is 0.163. The lowest BCUT2D eigenvalue weighted by atomic mass is 9.33. The van der Waals surface area contributed by atoms with Crippen LogP contribution in [0.1, 0.15) is 142 Å². The third-order valence-corrected chi connectivity index (χ3v) is 16.4. The van der Waals surface area contributed by atoms with Gasteiger partial charge in [0.2, 0.25) is 0 Å². The molecule has 326 valence electrons. The number of anilines is 6. The Hall–Kier alpha value is -5.06. The zero-order valence-electron chi connectivity index (χ0n) is 41.2. The van der Waals surface area contributed by atoms with Gasteiger partial charge in [-0.15, -0.1) is 11.3 Å². The molecule has 3 aliphatic rings. The van der Waals surface area contributed by atoms with Crippen molar-refractivity contribution in [3.63, 3.8) is 0 Å². The minimum atomic E-state index is -0.0206. The smallest absolute Gasteiger partial charge is 0.254 e. The van der Waals surface area contributed by atoms with E-state index in [-0.39, 0.29) is 33.8 Å². The van der Waals surface area contributed by atoms with Crippen LogP contribution in [0.2, 0.25) is 0 Å². The lowest BCUT2D eigenvalue weighted by molar-refractivity contribution is 0.332. The molecule has 0 fully saturated rings. The van der Waals surface area contributed by atoms with Crippen LogP contribution in [-0.4, -0.2) is 6.71 Å². The van der Waals surface area contributed by atoms with Gasteiger partial charge >= 0.3 is 0 Å². The summed E-state index contributed by atoms with van der Waals surface area (Å²) in [7, 11) is 0. The van der Waals surface area contributed by atoms with Gasteiger partial charge in [-0.25, -0.2) is 0 Å². The fourth-order valence-electron chi connectivity index (χ4n) is 11.2. The molecule has 1 aromatic heterocycles. The van der Waals surface area contributed by atoms with Gasteiger partial charge in [0, 0.05) is 33.1 Å². The summed E-state index contributed by atoms with van der Waals surface area (Å²) >= 11 is 2.00. The van der Waals surface area contributed by atoms with E-state index in [0.29, 0.717) is 0 Å². The molecule has 6 aromatic carbocycles. The van der Waals surface area contributed by atoms with Crippen LogP contribution in [-0.2, 0) is 27.1 Å². The van der Waals surface area contributed by atoms with Crippen LogP contribution in [0.15, 0.2) is 109 Å². The zero-order valence-corrected chi connectivity index (χ0v) is 42.0. The van der Waals surface area contributed by atoms with E-state index in [0.717, 1.165) is 0 Å². The van der Waals surface area contributed by atoms with Crippen LogP contribution < -0.4 is 26.2 Å². The highest BCUT2D eigenvalue weighted by Gasteiger charge is 2.47. The van der Waals surface area contributed by atoms with E-state index in [1.807, 2.05) is 11.3 Å². The normalized spacial score (nSPS) is 16.4. The Morgan fingerprint density at radius 1 is 0.516 bits per heavy atom. The molecule has 0 amide bonds. The van der Waals surface area contributed by atoms with Gasteiger partial charge in [0.25, 0.3) is 6.71 Å². The molecule has 0 spiro atoms. The molecule has 0 saturated carbocycles. The first kappa shape index (κ1) is 42.9. The number of fused-ring (bicyclic) bond motifs is 7. The van der Waals surface area contributed by atoms with Crippen molar-refractivity contribution in [3.05, 3.63) is 148 Å². The summed E-state index contributed by atoms with van der Waals surface area (Å²) in [5, 5.41) is 2.75. The fourth-order valence-corrected chi connectivity index (χ4v) is 12.5. The minimum absolute atomic E-state index is 0.0206. The van der Waals surface area contributed by atoms with E-state index < -0.39 is 0 Å². The highest BCUT2D eigenvalue weighted by Crippen LogP contribution is 2.53. The van der Waals surface area contributed by atoms with Gasteiger partial charge in [-0.2, -0.15) is 0 Å². The van der Waals surface area contributed by atoms with Crippen LogP contribution in [0.3, 0.4) is 0 Å². The van der Waals surface area contributed by atoms with Gasteiger partial charge < -0.3 is 9.80 Å². The van der Waals surface area contributed by atoms with E-state index in [9.17, 15) is 0 Å². The Morgan fingerprint density at radius 2 is 1.00 bits per heavy atom. The lowest BCUT2D eigenvalue weighted by Crippen LogP contribution is -2.61. The van der Waals surface area contributed by atoms with Crippen LogP contribution in [0, 0.1) is 13.8 Å². The van der Waals surface area contributed by atoms with Crippen molar-refractivity contribution >= 4 is 78.0 Å². The summed E-state index contributed by atoms with van der Waals surface area (Å²) in [4.78, 5) is 5.27. The van der Waals surface area contributed by atoms with Crippen molar-refractivity contribution in [2.75, 3.05) is 9.80 Å². The van der Waals surface area contributed by atoms with E-state index in [1.165, 1.54) is 123 Å². The maximum atomic E-state index is 2.66. The molecule has 1 aliphatic carbocycles. The second kappa shape index (κ2) is 14.2. The first-order valence-electron chi connectivity index (χ1n) is 23.8. The summed E-state index contributed by atoms with van der Waals surface area (Å²) in [6, 6.07) is 43.5. The Balaban J connectivity index is 1.37. The van der Waals surface area contributed by atoms with E-state index in [4.69, 9.17) is 0 Å². The second-order valence-corrected chi connectivity index (χ2v) is 24.9. The number of nitrogens with zero attached hydrogens (tertiary/aromatic N) is 2. The van der Waals surface area contributed by atoms with Crippen LogP contribution in [0.4, 0.5) is 33.4 Å². The Kier molecular flexibility index (Phi) is 9.53. The van der Waals surface area contributed by atoms with Crippen molar-refractivity contribution in [3.8, 4) is 11.1 Å². The summed E-state index contributed by atoms with van der Waals surface area (Å²) in [5.74, 6) is 0. The topological polar surface area (TPSA) is 6.48 Å². The third-order valence-electron chi connectivity index (χ3n) is 15.3. The monoisotopic (exact) mass is 859 g/mol. The van der Waals surface area contributed by atoms with Crippen molar-refractivity contribution in [2.24, 2.45) is 0 Å². The Morgan fingerprint density at radius 3 is 1.53 bits per heavy atom. The molecular weight excluding hydrogens is 792 g/mol. The molecule has 2 aliphatic heterocycles. The number of hydrogen-bond donors (Lipinski definition) is 0. The van der Waals surface area contributed by atoms with E-state index in [2.05, 4.69) is 223 Å². The van der Waals surface area contributed by atoms with Gasteiger partial charge in [0.05, 0.1) is 5.00 Å². The molecule has 0 bridgehead atoms.